The Kier molecular flexibility index (Phi) is 14.6. The number of aryl methyl sites for hydroxylation is 1. The molecule has 1 saturated heterocycles. The SMILES string of the molecule is CCc1cc(-c2cccc(O)c2)c(Cc2cc(OC3CCCC3)cc3c2OC[C@H]([C@@H]2[C@@H](CCCOC)Oc4c5cc(c6cc(O)ccc46)OCC#C[C@@H]4CN[C@]6(CC7(CCCC7)[C@@]7(CCC8(CCCC8)C7)C6)N[C@@]46[C@H]4C=C[C@H]([C@@H](O)C4)[C@@H]6O[C@@H]52)[C@@H]3O)cc1O. The van der Waals surface area contributed by atoms with E-state index in [1.807, 2.05) is 49.4 Å². The molecule has 5 aromatic carbocycles. The van der Waals surface area contributed by atoms with Gasteiger partial charge in [-0.1, -0.05) is 68.7 Å². The highest BCUT2D eigenvalue weighted by Gasteiger charge is 2.72. The number of phenolic OH excluding ortho intramolecular Hbond substituents is 3. The van der Waals surface area contributed by atoms with Crippen molar-refractivity contribution in [3.63, 3.8) is 0 Å². The summed E-state index contributed by atoms with van der Waals surface area (Å²) in [4.78, 5) is 0. The van der Waals surface area contributed by atoms with Gasteiger partial charge in [0.25, 0.3) is 0 Å². The number of hydrogen-bond acceptors (Lipinski definition) is 13. The lowest BCUT2D eigenvalue weighted by molar-refractivity contribution is -0.209. The molecule has 12 aliphatic rings. The molecule has 5 spiro atoms. The fourth-order valence-electron chi connectivity index (χ4n) is 21.0. The second-order valence-corrected chi connectivity index (χ2v) is 29.6. The van der Waals surface area contributed by atoms with E-state index in [9.17, 15) is 25.5 Å². The van der Waals surface area contributed by atoms with Crippen LogP contribution in [0.2, 0.25) is 0 Å². The topological polar surface area (TPSA) is 181 Å². The minimum atomic E-state index is -1.09. The average Bonchev–Trinajstić information content (AvgIpc) is 1.47. The second-order valence-electron chi connectivity index (χ2n) is 29.6. The summed E-state index contributed by atoms with van der Waals surface area (Å²) < 4.78 is 42.8. The number of aliphatic hydroxyl groups is 2. The van der Waals surface area contributed by atoms with Gasteiger partial charge in [-0.05, 0) is 208 Å². The Bertz CT molecular complexity index is 3650. The molecule has 13 atom stereocenters. The number of phenols is 3. The summed E-state index contributed by atoms with van der Waals surface area (Å²) in [6.45, 7) is 3.45. The fraction of sp³-hybridized carbons (Fsp3) is 0.579. The van der Waals surface area contributed by atoms with Crippen LogP contribution in [-0.4, -0.2) is 94.6 Å². The first-order chi connectivity index (χ1) is 43.3. The van der Waals surface area contributed by atoms with Crippen LogP contribution in [-0.2, 0) is 22.3 Å². The zero-order valence-corrected chi connectivity index (χ0v) is 52.0. The van der Waals surface area contributed by atoms with E-state index in [0.29, 0.717) is 84.6 Å². The molecule has 4 aliphatic heterocycles. The van der Waals surface area contributed by atoms with Crippen LogP contribution in [0.25, 0.3) is 21.9 Å². The van der Waals surface area contributed by atoms with Crippen LogP contribution in [0.5, 0.6) is 40.2 Å². The molecule has 4 bridgehead atoms. The van der Waals surface area contributed by atoms with E-state index in [-0.39, 0.29) is 70.8 Å². The predicted molar refractivity (Wildman–Crippen MR) is 340 cm³/mol. The van der Waals surface area contributed by atoms with Crippen molar-refractivity contribution in [3.05, 3.63) is 113 Å². The molecule has 4 heterocycles. The van der Waals surface area contributed by atoms with Gasteiger partial charge in [-0.2, -0.15) is 0 Å². The van der Waals surface area contributed by atoms with E-state index in [1.54, 1.807) is 31.4 Å². The molecule has 89 heavy (non-hydrogen) atoms. The van der Waals surface area contributed by atoms with E-state index in [0.717, 1.165) is 77.3 Å². The number of fused-ring (bicyclic) bond motifs is 7. The molecular weight excluding hydrogens is 1120 g/mol. The van der Waals surface area contributed by atoms with Gasteiger partial charge in [-0.15, -0.1) is 0 Å². The zero-order valence-electron chi connectivity index (χ0n) is 52.0. The standard InChI is InChI=1S/C76H90N2O11/c1-3-45-34-57(46-13-10-15-51(79)32-46)47(35-62(45)81)31-48-33-54(87-53-16-4-5-17-53)38-59-67(83)61(41-86-68(48)59)66-64(18-12-29-84-2)88-69-55-22-20-52(80)37-58(55)65-39-60(69)70(66)89-71-56-21-19-49(36-63(56)82)76(71)50(14-11-30-85-65)40-77-75(78-76)43-73(25-8-9-26-73)74(44-75)28-27-72(42-74)23-6-7-24-72/h10,13,15,19-22,32-35,37-39,49-50,53,56,61,63-64,66-67,70-71,77-83H,3-9,12,16-18,23-31,36,40-44H2,1-2H3/t49-,50+,56+,61+,63-,64+,66+,67+,70-,71-,74+,75+,76-/m0/s1. The molecular formula is C76H90N2O11. The third kappa shape index (κ3) is 9.59. The van der Waals surface area contributed by atoms with Crippen molar-refractivity contribution >= 4 is 10.8 Å². The number of aromatic hydroxyl groups is 3. The number of benzene rings is 5. The maximum absolute atomic E-state index is 13.8. The number of methoxy groups -OCH3 is 1. The molecule has 7 fully saturated rings. The molecule has 0 amide bonds. The van der Waals surface area contributed by atoms with Gasteiger partial charge in [0, 0.05) is 77.8 Å². The summed E-state index contributed by atoms with van der Waals surface area (Å²) in [6.07, 6.45) is 24.7. The molecule has 13 nitrogen and oxygen atoms in total. The molecule has 8 aliphatic carbocycles. The van der Waals surface area contributed by atoms with Crippen molar-refractivity contribution in [3.8, 4) is 63.2 Å². The molecule has 5 aromatic rings. The Morgan fingerprint density at radius 1 is 0.753 bits per heavy atom. The quantitative estimate of drug-likeness (QED) is 0.0378. The average molecular weight is 1210 g/mol. The maximum Gasteiger partial charge on any atom is 0.149 e. The minimum absolute atomic E-state index is 0.0274. The Morgan fingerprint density at radius 3 is 2.38 bits per heavy atom. The largest absolute Gasteiger partial charge is 0.508 e. The molecule has 17 rings (SSSR count). The van der Waals surface area contributed by atoms with E-state index >= 15 is 0 Å². The molecule has 0 unspecified atom stereocenters. The zero-order chi connectivity index (χ0) is 60.4. The summed E-state index contributed by atoms with van der Waals surface area (Å²) in [6, 6.07) is 22.6. The first-order valence-corrected chi connectivity index (χ1v) is 34.2. The van der Waals surface area contributed by atoms with Crippen LogP contribution < -0.4 is 29.6 Å². The Balaban J connectivity index is 0.843. The van der Waals surface area contributed by atoms with Crippen LogP contribution in [0.4, 0.5) is 0 Å². The van der Waals surface area contributed by atoms with Gasteiger partial charge in [0.05, 0.1) is 54.2 Å². The number of hydrogen-bond donors (Lipinski definition) is 7. The van der Waals surface area contributed by atoms with Gasteiger partial charge in [-0.25, -0.2) is 0 Å². The Morgan fingerprint density at radius 2 is 1.57 bits per heavy atom. The summed E-state index contributed by atoms with van der Waals surface area (Å²) >= 11 is 0. The monoisotopic (exact) mass is 1210 g/mol. The van der Waals surface area contributed by atoms with Gasteiger partial charge < -0.3 is 54.0 Å². The first kappa shape index (κ1) is 58.1. The van der Waals surface area contributed by atoms with E-state index in [4.69, 9.17) is 28.4 Å². The first-order valence-electron chi connectivity index (χ1n) is 34.2. The normalized spacial score (nSPS) is 34.3. The second kappa shape index (κ2) is 22.4. The van der Waals surface area contributed by atoms with Crippen molar-refractivity contribution in [1.82, 2.24) is 10.6 Å². The number of rotatable bonds is 11. The predicted octanol–water partition coefficient (Wildman–Crippen LogP) is 13.4. The van der Waals surface area contributed by atoms with Crippen molar-refractivity contribution in [2.45, 2.75) is 196 Å². The number of ether oxygens (including phenoxy) is 6. The van der Waals surface area contributed by atoms with Gasteiger partial charge in [0.2, 0.25) is 0 Å². The van der Waals surface area contributed by atoms with E-state index < -0.39 is 47.9 Å². The molecule has 6 saturated carbocycles. The fourth-order valence-corrected chi connectivity index (χ4v) is 21.0. The van der Waals surface area contributed by atoms with Gasteiger partial charge in [-0.3, -0.25) is 10.6 Å². The van der Waals surface area contributed by atoms with Crippen LogP contribution in [0.15, 0.2) is 84.9 Å². The highest BCUT2D eigenvalue weighted by molar-refractivity contribution is 5.96. The Labute approximate surface area is 524 Å². The highest BCUT2D eigenvalue weighted by Crippen LogP contribution is 2.75. The van der Waals surface area contributed by atoms with Crippen molar-refractivity contribution < 1.29 is 54.0 Å². The lowest BCUT2D eigenvalue weighted by atomic mass is 9.55. The van der Waals surface area contributed by atoms with Crippen molar-refractivity contribution in [1.29, 1.82) is 0 Å². The lowest BCUT2D eigenvalue weighted by Gasteiger charge is -2.64. The van der Waals surface area contributed by atoms with E-state index in [1.165, 1.54) is 70.6 Å². The van der Waals surface area contributed by atoms with Gasteiger partial charge >= 0.3 is 0 Å². The molecule has 470 valence electrons. The summed E-state index contributed by atoms with van der Waals surface area (Å²) in [7, 11) is 1.73. The summed E-state index contributed by atoms with van der Waals surface area (Å²) in [5, 5.41) is 70.3. The maximum atomic E-state index is 13.8. The van der Waals surface area contributed by atoms with Gasteiger partial charge in [0.1, 0.15) is 53.0 Å². The number of aliphatic hydroxyl groups excluding tert-OH is 2. The molecule has 7 N–H and O–H groups in total. The highest BCUT2D eigenvalue weighted by atomic mass is 16.5. The Hall–Kier alpha value is -5.98. The lowest BCUT2D eigenvalue weighted by Crippen LogP contribution is -2.82. The summed E-state index contributed by atoms with van der Waals surface area (Å²) in [5.41, 5.74) is 5.48. The summed E-state index contributed by atoms with van der Waals surface area (Å²) in [5.74, 6) is 8.52. The van der Waals surface area contributed by atoms with Crippen molar-refractivity contribution in [2.75, 3.05) is 33.5 Å². The molecule has 0 aromatic heterocycles. The third-order valence-electron chi connectivity index (χ3n) is 24.9. The minimum Gasteiger partial charge on any atom is -0.508 e. The molecule has 0 radical (unpaired) electrons. The van der Waals surface area contributed by atoms with Crippen LogP contribution in [0.3, 0.4) is 0 Å². The van der Waals surface area contributed by atoms with Crippen LogP contribution in [0.1, 0.15) is 175 Å². The van der Waals surface area contributed by atoms with Crippen LogP contribution >= 0.6 is 0 Å². The van der Waals surface area contributed by atoms with Crippen molar-refractivity contribution in [2.24, 2.45) is 45.8 Å². The number of nitrogens with one attached hydrogen (secondary N) is 2. The van der Waals surface area contributed by atoms with E-state index in [2.05, 4.69) is 40.7 Å². The molecule has 13 heteroatoms. The smallest absolute Gasteiger partial charge is 0.149 e. The third-order valence-corrected chi connectivity index (χ3v) is 24.9. The van der Waals surface area contributed by atoms with Gasteiger partial charge in [0.15, 0.2) is 0 Å². The van der Waals surface area contributed by atoms with Crippen LogP contribution in [0, 0.1) is 57.7 Å².